The van der Waals surface area contributed by atoms with Crippen molar-refractivity contribution in [1.82, 2.24) is 15.5 Å². The Kier molecular flexibility index (Phi) is 11.5. The van der Waals surface area contributed by atoms with Gasteiger partial charge in [-0.3, -0.25) is 9.89 Å². The normalized spacial score (nSPS) is 16.0. The standard InChI is InChI=1S/C23H40N4O2/c1-4-5-16-29-17-6-13-25-23(24-2)26-18-20-11-14-27(15-12-20)19-21-7-9-22(28-3)10-8-21/h7-10,20H,4-6,11-19H2,1-3H3,(H2,24,25,26). The Labute approximate surface area is 177 Å². The second kappa shape index (κ2) is 14.2. The van der Waals surface area contributed by atoms with Crippen LogP contribution in [0.25, 0.3) is 0 Å². The molecule has 0 atom stereocenters. The Morgan fingerprint density at radius 1 is 1.10 bits per heavy atom. The molecule has 2 rings (SSSR count). The lowest BCUT2D eigenvalue weighted by atomic mass is 9.96. The van der Waals surface area contributed by atoms with Crippen LogP contribution in [0.2, 0.25) is 0 Å². The Morgan fingerprint density at radius 2 is 1.83 bits per heavy atom. The van der Waals surface area contributed by atoms with Gasteiger partial charge in [-0.15, -0.1) is 0 Å². The fraction of sp³-hybridized carbons (Fsp3) is 0.696. The lowest BCUT2D eigenvalue weighted by Gasteiger charge is -2.32. The van der Waals surface area contributed by atoms with Gasteiger partial charge in [0.05, 0.1) is 7.11 Å². The molecule has 6 nitrogen and oxygen atoms in total. The Hall–Kier alpha value is -1.79. The third-order valence-electron chi connectivity index (χ3n) is 5.45. The maximum atomic E-state index is 5.60. The predicted octanol–water partition coefficient (Wildman–Crippen LogP) is 3.28. The number of benzene rings is 1. The summed E-state index contributed by atoms with van der Waals surface area (Å²) in [6, 6.07) is 8.41. The van der Waals surface area contributed by atoms with Gasteiger partial charge in [0.25, 0.3) is 0 Å². The molecule has 2 N–H and O–H groups in total. The minimum atomic E-state index is 0.707. The SMILES string of the molecule is CCCCOCCCNC(=NC)NCC1CCN(Cc2ccc(OC)cc2)CC1. The van der Waals surface area contributed by atoms with Crippen LogP contribution in [0.4, 0.5) is 0 Å². The van der Waals surface area contributed by atoms with Crippen molar-refractivity contribution in [2.24, 2.45) is 10.9 Å². The van der Waals surface area contributed by atoms with Crippen LogP contribution in [-0.2, 0) is 11.3 Å². The summed E-state index contributed by atoms with van der Waals surface area (Å²) in [6.07, 6.45) is 5.80. The molecule has 0 aromatic heterocycles. The van der Waals surface area contributed by atoms with Gasteiger partial charge >= 0.3 is 0 Å². The molecule has 1 aliphatic rings. The molecule has 1 aromatic rings. The van der Waals surface area contributed by atoms with Crippen LogP contribution >= 0.6 is 0 Å². The summed E-state index contributed by atoms with van der Waals surface area (Å²) in [5, 5.41) is 6.88. The predicted molar refractivity (Wildman–Crippen MR) is 121 cm³/mol. The number of rotatable bonds is 12. The first-order chi connectivity index (χ1) is 14.2. The van der Waals surface area contributed by atoms with Crippen LogP contribution in [-0.4, -0.2) is 64.4 Å². The number of methoxy groups -OCH3 is 1. The monoisotopic (exact) mass is 404 g/mol. The van der Waals surface area contributed by atoms with Crippen molar-refractivity contribution in [2.75, 3.05) is 53.6 Å². The molecule has 0 unspecified atom stereocenters. The summed E-state index contributed by atoms with van der Waals surface area (Å²) in [4.78, 5) is 6.88. The average Bonchev–Trinajstić information content (AvgIpc) is 2.76. The van der Waals surface area contributed by atoms with Crippen LogP contribution < -0.4 is 15.4 Å². The Bertz CT molecular complexity index is 569. The number of hydrogen-bond donors (Lipinski definition) is 2. The van der Waals surface area contributed by atoms with Crippen LogP contribution in [0.15, 0.2) is 29.3 Å². The first-order valence-electron chi connectivity index (χ1n) is 11.1. The summed E-state index contributed by atoms with van der Waals surface area (Å²) >= 11 is 0. The average molecular weight is 405 g/mol. The quantitative estimate of drug-likeness (QED) is 0.318. The van der Waals surface area contributed by atoms with Crippen LogP contribution in [0.1, 0.15) is 44.6 Å². The lowest BCUT2D eigenvalue weighted by molar-refractivity contribution is 0.129. The zero-order valence-electron chi connectivity index (χ0n) is 18.6. The topological polar surface area (TPSA) is 58.1 Å². The molecule has 0 amide bonds. The molecule has 1 heterocycles. The van der Waals surface area contributed by atoms with Crippen LogP contribution in [0.5, 0.6) is 5.75 Å². The molecule has 1 fully saturated rings. The highest BCUT2D eigenvalue weighted by molar-refractivity contribution is 5.79. The fourth-order valence-electron chi connectivity index (χ4n) is 3.53. The highest BCUT2D eigenvalue weighted by Gasteiger charge is 2.19. The number of guanidine groups is 1. The molecule has 6 heteroatoms. The number of nitrogens with one attached hydrogen (secondary N) is 2. The number of ether oxygens (including phenoxy) is 2. The van der Waals surface area contributed by atoms with Gasteiger partial charge in [-0.05, 0) is 62.4 Å². The summed E-state index contributed by atoms with van der Waals surface area (Å²) < 4.78 is 10.8. The fourth-order valence-corrected chi connectivity index (χ4v) is 3.53. The second-order valence-corrected chi connectivity index (χ2v) is 7.77. The summed E-state index contributed by atoms with van der Waals surface area (Å²) in [7, 11) is 3.55. The van der Waals surface area contributed by atoms with E-state index in [4.69, 9.17) is 9.47 Å². The Balaban J connectivity index is 1.56. The van der Waals surface area contributed by atoms with E-state index in [0.29, 0.717) is 5.92 Å². The molecule has 1 aromatic carbocycles. The van der Waals surface area contributed by atoms with E-state index >= 15 is 0 Å². The van der Waals surface area contributed by atoms with E-state index in [1.807, 2.05) is 19.2 Å². The van der Waals surface area contributed by atoms with Gasteiger partial charge in [0.2, 0.25) is 0 Å². The summed E-state index contributed by atoms with van der Waals surface area (Å²) in [5.74, 6) is 2.53. The molecule has 0 aliphatic carbocycles. The Morgan fingerprint density at radius 3 is 2.48 bits per heavy atom. The first kappa shape index (κ1) is 23.5. The zero-order valence-corrected chi connectivity index (χ0v) is 18.6. The molecular formula is C23H40N4O2. The number of nitrogens with zero attached hydrogens (tertiary/aromatic N) is 2. The molecule has 0 bridgehead atoms. The molecule has 0 saturated carbocycles. The van der Waals surface area contributed by atoms with Crippen molar-refractivity contribution in [3.8, 4) is 5.75 Å². The van der Waals surface area contributed by atoms with Crippen molar-refractivity contribution in [1.29, 1.82) is 0 Å². The van der Waals surface area contributed by atoms with E-state index in [2.05, 4.69) is 39.6 Å². The minimum absolute atomic E-state index is 0.707. The van der Waals surface area contributed by atoms with Crippen molar-refractivity contribution in [2.45, 2.75) is 45.6 Å². The highest BCUT2D eigenvalue weighted by atomic mass is 16.5. The first-order valence-corrected chi connectivity index (χ1v) is 11.1. The third kappa shape index (κ3) is 9.50. The van der Waals surface area contributed by atoms with Gasteiger partial charge in [-0.25, -0.2) is 0 Å². The number of piperidine rings is 1. The minimum Gasteiger partial charge on any atom is -0.497 e. The van der Waals surface area contributed by atoms with Crippen LogP contribution in [0, 0.1) is 5.92 Å². The number of likely N-dealkylation sites (tertiary alicyclic amines) is 1. The van der Waals surface area contributed by atoms with Gasteiger partial charge in [0.1, 0.15) is 5.75 Å². The maximum absolute atomic E-state index is 5.60. The smallest absolute Gasteiger partial charge is 0.190 e. The summed E-state index contributed by atoms with van der Waals surface area (Å²) in [5.41, 5.74) is 1.35. The summed E-state index contributed by atoms with van der Waals surface area (Å²) in [6.45, 7) is 9.09. The molecule has 0 spiro atoms. The van der Waals surface area contributed by atoms with E-state index < -0.39 is 0 Å². The van der Waals surface area contributed by atoms with E-state index in [0.717, 1.165) is 70.5 Å². The number of unbranched alkanes of at least 4 members (excludes halogenated alkanes) is 1. The van der Waals surface area contributed by atoms with E-state index in [1.54, 1.807) is 7.11 Å². The van der Waals surface area contributed by atoms with Gasteiger partial charge in [-0.2, -0.15) is 0 Å². The van der Waals surface area contributed by atoms with E-state index in [9.17, 15) is 0 Å². The molecule has 0 radical (unpaired) electrons. The molecule has 1 saturated heterocycles. The zero-order chi connectivity index (χ0) is 20.7. The maximum Gasteiger partial charge on any atom is 0.190 e. The van der Waals surface area contributed by atoms with E-state index in [1.165, 1.54) is 24.8 Å². The van der Waals surface area contributed by atoms with Gasteiger partial charge in [0, 0.05) is 39.9 Å². The lowest BCUT2D eigenvalue weighted by Crippen LogP contribution is -2.43. The third-order valence-corrected chi connectivity index (χ3v) is 5.45. The van der Waals surface area contributed by atoms with Crippen molar-refractivity contribution >= 4 is 5.96 Å². The van der Waals surface area contributed by atoms with Crippen LogP contribution in [0.3, 0.4) is 0 Å². The van der Waals surface area contributed by atoms with Gasteiger partial charge < -0.3 is 20.1 Å². The van der Waals surface area contributed by atoms with Gasteiger partial charge in [0.15, 0.2) is 5.96 Å². The molecular weight excluding hydrogens is 364 g/mol. The number of aliphatic imine (C=N–C) groups is 1. The number of hydrogen-bond acceptors (Lipinski definition) is 4. The second-order valence-electron chi connectivity index (χ2n) is 7.77. The van der Waals surface area contributed by atoms with Crippen molar-refractivity contribution in [3.63, 3.8) is 0 Å². The van der Waals surface area contributed by atoms with Gasteiger partial charge in [-0.1, -0.05) is 25.5 Å². The van der Waals surface area contributed by atoms with E-state index in [-0.39, 0.29) is 0 Å². The molecule has 1 aliphatic heterocycles. The highest BCUT2D eigenvalue weighted by Crippen LogP contribution is 2.19. The van der Waals surface area contributed by atoms with Crippen molar-refractivity contribution < 1.29 is 9.47 Å². The molecule has 29 heavy (non-hydrogen) atoms. The molecule has 164 valence electrons. The van der Waals surface area contributed by atoms with Crippen molar-refractivity contribution in [3.05, 3.63) is 29.8 Å². The largest absolute Gasteiger partial charge is 0.497 e.